The van der Waals surface area contributed by atoms with E-state index in [0.717, 1.165) is 36.8 Å². The molecule has 1 saturated heterocycles. The van der Waals surface area contributed by atoms with Gasteiger partial charge in [-0.1, -0.05) is 29.8 Å². The molecule has 0 aliphatic carbocycles. The number of benzene rings is 1. The van der Waals surface area contributed by atoms with Crippen molar-refractivity contribution in [1.29, 1.82) is 0 Å². The molecule has 0 radical (unpaired) electrons. The summed E-state index contributed by atoms with van der Waals surface area (Å²) in [7, 11) is 0. The van der Waals surface area contributed by atoms with Gasteiger partial charge in [0.2, 0.25) is 0 Å². The zero-order chi connectivity index (χ0) is 17.1. The summed E-state index contributed by atoms with van der Waals surface area (Å²) in [5, 5.41) is 0. The summed E-state index contributed by atoms with van der Waals surface area (Å²) in [4.78, 5) is 14.7. The van der Waals surface area contributed by atoms with Gasteiger partial charge in [0, 0.05) is 31.0 Å². The van der Waals surface area contributed by atoms with Crippen molar-refractivity contribution in [2.45, 2.75) is 19.5 Å². The highest BCUT2D eigenvalue weighted by Gasteiger charge is 2.27. The molecule has 0 spiro atoms. The van der Waals surface area contributed by atoms with Crippen LogP contribution in [0.25, 0.3) is 11.3 Å². The van der Waals surface area contributed by atoms with Crippen LogP contribution in [-0.2, 0) is 11.3 Å². The zero-order valence-corrected chi connectivity index (χ0v) is 14.4. The topological polar surface area (TPSA) is 54.0 Å². The molecule has 1 fully saturated rings. The molecule has 25 heavy (non-hydrogen) atoms. The van der Waals surface area contributed by atoms with E-state index in [1.165, 1.54) is 11.1 Å². The maximum Gasteiger partial charge on any atom is 0.126 e. The maximum atomic E-state index is 5.72. The SMILES string of the molecule is Cc1ccc(CN2CCOC[C@H]2c2ncc(-c3cccnc3)[nH]2)cc1. The number of nitrogens with one attached hydrogen (secondary N) is 1. The quantitative estimate of drug-likeness (QED) is 0.795. The molecule has 5 nitrogen and oxygen atoms in total. The van der Waals surface area contributed by atoms with Crippen LogP contribution >= 0.6 is 0 Å². The molecular formula is C20H22N4O. The highest BCUT2D eigenvalue weighted by Crippen LogP contribution is 2.26. The predicted octanol–water partition coefficient (Wildman–Crippen LogP) is 3.35. The number of pyridine rings is 1. The highest BCUT2D eigenvalue weighted by molar-refractivity contribution is 5.56. The van der Waals surface area contributed by atoms with Crippen molar-refractivity contribution in [2.75, 3.05) is 19.8 Å². The molecular weight excluding hydrogens is 312 g/mol. The minimum Gasteiger partial charge on any atom is -0.378 e. The number of morpholine rings is 1. The van der Waals surface area contributed by atoms with Gasteiger partial charge >= 0.3 is 0 Å². The molecule has 0 bridgehead atoms. The molecule has 4 rings (SSSR count). The van der Waals surface area contributed by atoms with E-state index < -0.39 is 0 Å². The van der Waals surface area contributed by atoms with Crippen molar-refractivity contribution in [1.82, 2.24) is 19.9 Å². The van der Waals surface area contributed by atoms with Crippen LogP contribution in [0.1, 0.15) is 23.0 Å². The van der Waals surface area contributed by atoms with Gasteiger partial charge in [-0.3, -0.25) is 9.88 Å². The third-order valence-electron chi connectivity index (χ3n) is 4.63. The minimum atomic E-state index is 0.139. The van der Waals surface area contributed by atoms with E-state index >= 15 is 0 Å². The molecule has 1 atom stereocenters. The molecule has 0 unspecified atom stereocenters. The maximum absolute atomic E-state index is 5.72. The Morgan fingerprint density at radius 3 is 2.88 bits per heavy atom. The van der Waals surface area contributed by atoms with E-state index in [0.29, 0.717) is 6.61 Å². The predicted molar refractivity (Wildman–Crippen MR) is 97.0 cm³/mol. The summed E-state index contributed by atoms with van der Waals surface area (Å²) in [6.07, 6.45) is 5.50. The second-order valence-electron chi connectivity index (χ2n) is 6.47. The van der Waals surface area contributed by atoms with Gasteiger partial charge in [-0.25, -0.2) is 4.98 Å². The van der Waals surface area contributed by atoms with Gasteiger partial charge in [-0.15, -0.1) is 0 Å². The molecule has 0 amide bonds. The van der Waals surface area contributed by atoms with Crippen LogP contribution in [0.4, 0.5) is 0 Å². The standard InChI is InChI=1S/C20H22N4O/c1-15-4-6-16(7-5-15)13-24-9-10-25-14-19(24)20-22-12-18(23-20)17-3-2-8-21-11-17/h2-8,11-12,19H,9-10,13-14H2,1H3,(H,22,23)/t19-/m0/s1. The summed E-state index contributed by atoms with van der Waals surface area (Å²) in [5.41, 5.74) is 4.64. The molecule has 128 valence electrons. The van der Waals surface area contributed by atoms with Gasteiger partial charge in [0.25, 0.3) is 0 Å². The van der Waals surface area contributed by atoms with Gasteiger partial charge in [-0.2, -0.15) is 0 Å². The van der Waals surface area contributed by atoms with Crippen LogP contribution in [0.3, 0.4) is 0 Å². The molecule has 3 heterocycles. The first-order chi connectivity index (χ1) is 12.3. The Bertz CT molecular complexity index is 813. The van der Waals surface area contributed by atoms with Crippen molar-refractivity contribution in [3.8, 4) is 11.3 Å². The first-order valence-electron chi connectivity index (χ1n) is 8.62. The fourth-order valence-electron chi connectivity index (χ4n) is 3.18. The summed E-state index contributed by atoms with van der Waals surface area (Å²) in [6.45, 7) is 5.34. The average Bonchev–Trinajstić information content (AvgIpc) is 3.15. The number of aromatic amines is 1. The van der Waals surface area contributed by atoms with Crippen molar-refractivity contribution >= 4 is 0 Å². The van der Waals surface area contributed by atoms with Gasteiger partial charge in [-0.05, 0) is 24.6 Å². The van der Waals surface area contributed by atoms with Crippen molar-refractivity contribution in [3.63, 3.8) is 0 Å². The Hall–Kier alpha value is -2.50. The Labute approximate surface area is 147 Å². The van der Waals surface area contributed by atoms with Crippen LogP contribution in [0, 0.1) is 6.92 Å². The molecule has 0 saturated carbocycles. The van der Waals surface area contributed by atoms with E-state index in [-0.39, 0.29) is 6.04 Å². The van der Waals surface area contributed by atoms with Crippen LogP contribution in [0.15, 0.2) is 55.0 Å². The first-order valence-corrected chi connectivity index (χ1v) is 8.62. The van der Waals surface area contributed by atoms with Gasteiger partial charge in [0.1, 0.15) is 5.82 Å². The number of rotatable bonds is 4. The monoisotopic (exact) mass is 334 g/mol. The lowest BCUT2D eigenvalue weighted by atomic mass is 10.1. The van der Waals surface area contributed by atoms with Crippen LogP contribution in [0.2, 0.25) is 0 Å². The van der Waals surface area contributed by atoms with E-state index in [9.17, 15) is 0 Å². The Morgan fingerprint density at radius 1 is 1.20 bits per heavy atom. The fraction of sp³-hybridized carbons (Fsp3) is 0.300. The number of ether oxygens (including phenoxy) is 1. The van der Waals surface area contributed by atoms with Crippen LogP contribution < -0.4 is 0 Å². The average molecular weight is 334 g/mol. The lowest BCUT2D eigenvalue weighted by Crippen LogP contribution is -2.39. The normalized spacial score (nSPS) is 18.4. The fourth-order valence-corrected chi connectivity index (χ4v) is 3.18. The number of aromatic nitrogens is 3. The number of nitrogens with zero attached hydrogens (tertiary/aromatic N) is 3. The third-order valence-corrected chi connectivity index (χ3v) is 4.63. The highest BCUT2D eigenvalue weighted by atomic mass is 16.5. The lowest BCUT2D eigenvalue weighted by Gasteiger charge is -2.34. The number of imidazole rings is 1. The molecule has 1 aliphatic heterocycles. The number of aryl methyl sites for hydroxylation is 1. The van der Waals surface area contributed by atoms with Crippen LogP contribution in [0.5, 0.6) is 0 Å². The Balaban J connectivity index is 1.55. The summed E-state index contributed by atoms with van der Waals surface area (Å²) in [5.74, 6) is 0.950. The molecule has 1 aromatic carbocycles. The van der Waals surface area contributed by atoms with Crippen LogP contribution in [-0.4, -0.2) is 39.6 Å². The van der Waals surface area contributed by atoms with Crippen molar-refractivity contribution in [2.24, 2.45) is 0 Å². The summed E-state index contributed by atoms with van der Waals surface area (Å²) >= 11 is 0. The van der Waals surface area contributed by atoms with E-state index in [1.54, 1.807) is 6.20 Å². The van der Waals surface area contributed by atoms with Crippen molar-refractivity contribution < 1.29 is 4.74 Å². The second kappa shape index (κ2) is 7.17. The molecule has 1 aliphatic rings. The Kier molecular flexibility index (Phi) is 4.59. The summed E-state index contributed by atoms with van der Waals surface area (Å²) < 4.78 is 5.72. The molecule has 2 aromatic heterocycles. The smallest absolute Gasteiger partial charge is 0.126 e. The van der Waals surface area contributed by atoms with E-state index in [2.05, 4.69) is 51.0 Å². The van der Waals surface area contributed by atoms with Gasteiger partial charge in [0.05, 0.1) is 31.1 Å². The second-order valence-corrected chi connectivity index (χ2v) is 6.47. The number of H-pyrrole nitrogens is 1. The van der Waals surface area contributed by atoms with Gasteiger partial charge < -0.3 is 9.72 Å². The molecule has 3 aromatic rings. The lowest BCUT2D eigenvalue weighted by molar-refractivity contribution is -0.0156. The number of hydrogen-bond donors (Lipinski definition) is 1. The first kappa shape index (κ1) is 16.0. The molecule has 1 N–H and O–H groups in total. The number of hydrogen-bond acceptors (Lipinski definition) is 4. The van der Waals surface area contributed by atoms with E-state index in [4.69, 9.17) is 4.74 Å². The largest absolute Gasteiger partial charge is 0.378 e. The van der Waals surface area contributed by atoms with Crippen molar-refractivity contribution in [3.05, 3.63) is 71.9 Å². The zero-order valence-electron chi connectivity index (χ0n) is 14.4. The van der Waals surface area contributed by atoms with Gasteiger partial charge in [0.15, 0.2) is 0 Å². The van der Waals surface area contributed by atoms with E-state index in [1.807, 2.05) is 24.5 Å². The third kappa shape index (κ3) is 3.62. The minimum absolute atomic E-state index is 0.139. The summed E-state index contributed by atoms with van der Waals surface area (Å²) in [6, 6.07) is 12.8. The molecule has 5 heteroatoms. The Morgan fingerprint density at radius 2 is 2.08 bits per heavy atom.